The summed E-state index contributed by atoms with van der Waals surface area (Å²) in [5.41, 5.74) is 0. The predicted octanol–water partition coefficient (Wildman–Crippen LogP) is 1.63. The molecule has 0 aliphatic carbocycles. The van der Waals surface area contributed by atoms with Gasteiger partial charge in [-0.2, -0.15) is 0 Å². The fourth-order valence-electron chi connectivity index (χ4n) is 2.00. The van der Waals surface area contributed by atoms with Crippen LogP contribution < -0.4 is 5.32 Å². The molecule has 3 rings (SSSR count). The molecule has 0 unspecified atom stereocenters. The Hall–Kier alpha value is -1.17. The second-order valence-electron chi connectivity index (χ2n) is 4.14. The average Bonchev–Trinajstić information content (AvgIpc) is 2.98. The van der Waals surface area contributed by atoms with Crippen molar-refractivity contribution in [3.63, 3.8) is 0 Å². The number of aromatic nitrogens is 2. The molecule has 0 aromatic carbocycles. The smallest absolute Gasteiger partial charge is 0.134 e. The predicted molar refractivity (Wildman–Crippen MR) is 66.8 cm³/mol. The molecule has 1 N–H and O–H groups in total. The summed E-state index contributed by atoms with van der Waals surface area (Å²) in [6.07, 6.45) is 4.10. The van der Waals surface area contributed by atoms with Crippen LogP contribution in [0.4, 0.5) is 0 Å². The van der Waals surface area contributed by atoms with Gasteiger partial charge in [-0.1, -0.05) is 6.07 Å². The highest BCUT2D eigenvalue weighted by Gasteiger charge is 2.18. The van der Waals surface area contributed by atoms with Gasteiger partial charge in [0.1, 0.15) is 12.4 Å². The summed E-state index contributed by atoms with van der Waals surface area (Å²) in [5, 5.41) is 5.54. The van der Waals surface area contributed by atoms with E-state index in [1.54, 1.807) is 11.3 Å². The first-order valence-electron chi connectivity index (χ1n) is 5.76. The van der Waals surface area contributed by atoms with Crippen LogP contribution in [-0.2, 0) is 24.4 Å². The maximum Gasteiger partial charge on any atom is 0.134 e. The van der Waals surface area contributed by atoms with Gasteiger partial charge in [-0.15, -0.1) is 11.3 Å². The third kappa shape index (κ3) is 2.57. The van der Waals surface area contributed by atoms with Gasteiger partial charge in [-0.25, -0.2) is 4.98 Å². The number of nitrogens with zero attached hydrogens (tertiary/aromatic N) is 2. The highest BCUT2D eigenvalue weighted by Crippen LogP contribution is 2.12. The minimum Gasteiger partial charge on any atom is -0.367 e. The molecule has 2 aromatic rings. The zero-order valence-corrected chi connectivity index (χ0v) is 10.3. The van der Waals surface area contributed by atoms with Crippen LogP contribution in [0.15, 0.2) is 29.9 Å². The average molecular weight is 249 g/mol. The van der Waals surface area contributed by atoms with E-state index >= 15 is 0 Å². The summed E-state index contributed by atoms with van der Waals surface area (Å²) in [4.78, 5) is 5.60. The number of rotatable bonds is 4. The molecule has 0 saturated heterocycles. The van der Waals surface area contributed by atoms with Crippen LogP contribution >= 0.6 is 11.3 Å². The van der Waals surface area contributed by atoms with E-state index in [-0.39, 0.29) is 6.10 Å². The lowest BCUT2D eigenvalue weighted by Crippen LogP contribution is -2.35. The van der Waals surface area contributed by atoms with Gasteiger partial charge in [0.2, 0.25) is 0 Å². The molecule has 0 amide bonds. The summed E-state index contributed by atoms with van der Waals surface area (Å²) < 4.78 is 7.91. The second-order valence-corrected chi connectivity index (χ2v) is 5.17. The quantitative estimate of drug-likeness (QED) is 0.895. The van der Waals surface area contributed by atoms with Gasteiger partial charge in [-0.05, 0) is 11.4 Å². The summed E-state index contributed by atoms with van der Waals surface area (Å²) in [7, 11) is 0. The van der Waals surface area contributed by atoms with Crippen LogP contribution in [0.3, 0.4) is 0 Å². The standard InChI is InChI=1S/C12H15N3OS/c1-2-11(17-5-1)7-13-6-10-8-15-4-3-14-12(15)9-16-10/h1-5,10,13H,6-9H2/t10-/m0/s1. The maximum absolute atomic E-state index is 5.74. The number of fused-ring (bicyclic) bond motifs is 1. The van der Waals surface area contributed by atoms with E-state index in [1.807, 2.05) is 12.4 Å². The minimum absolute atomic E-state index is 0.247. The van der Waals surface area contributed by atoms with E-state index in [1.165, 1.54) is 4.88 Å². The molecule has 0 saturated carbocycles. The molecule has 1 aliphatic heterocycles. The first-order valence-corrected chi connectivity index (χ1v) is 6.64. The van der Waals surface area contributed by atoms with Crippen LogP contribution in [0.25, 0.3) is 0 Å². The summed E-state index contributed by atoms with van der Waals surface area (Å²) in [5.74, 6) is 1.03. The van der Waals surface area contributed by atoms with E-state index in [4.69, 9.17) is 4.74 Å². The van der Waals surface area contributed by atoms with Crippen LogP contribution in [0.2, 0.25) is 0 Å². The highest BCUT2D eigenvalue weighted by atomic mass is 32.1. The zero-order chi connectivity index (χ0) is 11.5. The Morgan fingerprint density at radius 2 is 2.59 bits per heavy atom. The molecule has 0 radical (unpaired) electrons. The van der Waals surface area contributed by atoms with Crippen LogP contribution in [0.5, 0.6) is 0 Å². The first-order chi connectivity index (χ1) is 8.42. The SMILES string of the molecule is c1csc(CNC[C@H]2Cn3ccnc3CO2)c1. The lowest BCUT2D eigenvalue weighted by Gasteiger charge is -2.24. The van der Waals surface area contributed by atoms with Gasteiger partial charge in [0.05, 0.1) is 12.6 Å². The molecule has 4 nitrogen and oxygen atoms in total. The molecule has 3 heterocycles. The Kier molecular flexibility index (Phi) is 3.22. The van der Waals surface area contributed by atoms with E-state index < -0.39 is 0 Å². The van der Waals surface area contributed by atoms with Crippen molar-refractivity contribution in [1.82, 2.24) is 14.9 Å². The van der Waals surface area contributed by atoms with E-state index in [9.17, 15) is 0 Å². The highest BCUT2D eigenvalue weighted by molar-refractivity contribution is 7.09. The van der Waals surface area contributed by atoms with Crippen molar-refractivity contribution in [2.45, 2.75) is 25.8 Å². The topological polar surface area (TPSA) is 39.1 Å². The van der Waals surface area contributed by atoms with Crippen LogP contribution in [-0.4, -0.2) is 22.2 Å². The Labute approximate surface area is 104 Å². The maximum atomic E-state index is 5.74. The summed E-state index contributed by atoms with van der Waals surface area (Å²) in [6, 6.07) is 4.23. The fourth-order valence-corrected chi connectivity index (χ4v) is 2.68. The number of imidazole rings is 1. The number of hydrogen-bond acceptors (Lipinski definition) is 4. The van der Waals surface area contributed by atoms with Gasteiger partial charge in [0.25, 0.3) is 0 Å². The number of ether oxygens (including phenoxy) is 1. The molecule has 90 valence electrons. The number of hydrogen-bond donors (Lipinski definition) is 1. The first kappa shape index (κ1) is 11.0. The molecule has 1 atom stereocenters. The Balaban J connectivity index is 1.48. The Bertz CT molecular complexity index is 466. The van der Waals surface area contributed by atoms with Crippen molar-refractivity contribution in [1.29, 1.82) is 0 Å². The number of thiophene rings is 1. The largest absolute Gasteiger partial charge is 0.367 e. The number of nitrogens with one attached hydrogen (secondary N) is 1. The van der Waals surface area contributed by atoms with Gasteiger partial charge >= 0.3 is 0 Å². The third-order valence-corrected chi connectivity index (χ3v) is 3.78. The van der Waals surface area contributed by atoms with Crippen molar-refractivity contribution < 1.29 is 4.74 Å². The lowest BCUT2D eigenvalue weighted by molar-refractivity contribution is 0.00281. The third-order valence-electron chi connectivity index (χ3n) is 2.90. The summed E-state index contributed by atoms with van der Waals surface area (Å²) in [6.45, 7) is 3.33. The van der Waals surface area contributed by atoms with Crippen LogP contribution in [0, 0.1) is 0 Å². The van der Waals surface area contributed by atoms with Gasteiger partial charge in [0.15, 0.2) is 0 Å². The van der Waals surface area contributed by atoms with E-state index in [0.717, 1.165) is 25.5 Å². The van der Waals surface area contributed by atoms with Crippen molar-refractivity contribution >= 4 is 11.3 Å². The van der Waals surface area contributed by atoms with Gasteiger partial charge < -0.3 is 14.6 Å². The normalized spacial score (nSPS) is 19.2. The minimum atomic E-state index is 0.247. The Morgan fingerprint density at radius 1 is 1.59 bits per heavy atom. The van der Waals surface area contributed by atoms with Crippen LogP contribution in [0.1, 0.15) is 10.7 Å². The molecule has 0 spiro atoms. The van der Waals surface area contributed by atoms with Crippen molar-refractivity contribution in [2.24, 2.45) is 0 Å². The fraction of sp³-hybridized carbons (Fsp3) is 0.417. The molecular formula is C12H15N3OS. The molecule has 5 heteroatoms. The molecule has 2 aromatic heterocycles. The van der Waals surface area contributed by atoms with Crippen molar-refractivity contribution in [2.75, 3.05) is 6.54 Å². The summed E-state index contributed by atoms with van der Waals surface area (Å²) >= 11 is 1.78. The molecule has 0 bridgehead atoms. The van der Waals surface area contributed by atoms with E-state index in [0.29, 0.717) is 6.61 Å². The molecular weight excluding hydrogens is 234 g/mol. The Morgan fingerprint density at radius 3 is 3.47 bits per heavy atom. The van der Waals surface area contributed by atoms with Gasteiger partial charge in [0, 0.05) is 30.4 Å². The monoisotopic (exact) mass is 249 g/mol. The van der Waals surface area contributed by atoms with Gasteiger partial charge in [-0.3, -0.25) is 0 Å². The van der Waals surface area contributed by atoms with Crippen molar-refractivity contribution in [3.05, 3.63) is 40.6 Å². The second kappa shape index (κ2) is 5.00. The zero-order valence-electron chi connectivity index (χ0n) is 9.50. The lowest BCUT2D eigenvalue weighted by atomic mass is 10.3. The van der Waals surface area contributed by atoms with E-state index in [2.05, 4.69) is 32.4 Å². The molecule has 1 aliphatic rings. The molecule has 0 fully saturated rings. The van der Waals surface area contributed by atoms with Crippen molar-refractivity contribution in [3.8, 4) is 0 Å². The molecule has 17 heavy (non-hydrogen) atoms.